The molecular weight excluding hydrogens is 250 g/mol. The van der Waals surface area contributed by atoms with Crippen LogP contribution < -0.4 is 5.32 Å². The summed E-state index contributed by atoms with van der Waals surface area (Å²) in [6, 6.07) is 2.43. The van der Waals surface area contributed by atoms with Crippen molar-refractivity contribution < 1.29 is 4.42 Å². The first-order valence-corrected chi connectivity index (χ1v) is 7.23. The van der Waals surface area contributed by atoms with Crippen LogP contribution in [0, 0.1) is 27.7 Å². The van der Waals surface area contributed by atoms with E-state index < -0.39 is 0 Å². The molecule has 2 rings (SSSR count). The van der Waals surface area contributed by atoms with Crippen molar-refractivity contribution in [3.63, 3.8) is 0 Å². The molecule has 0 aliphatic rings. The molecule has 0 spiro atoms. The predicted octanol–water partition coefficient (Wildman–Crippen LogP) is 3.14. The van der Waals surface area contributed by atoms with Crippen molar-refractivity contribution in [1.82, 2.24) is 15.1 Å². The highest BCUT2D eigenvalue weighted by Gasteiger charge is 2.22. The van der Waals surface area contributed by atoms with Gasteiger partial charge in [-0.15, -0.1) is 0 Å². The van der Waals surface area contributed by atoms with Crippen LogP contribution >= 0.6 is 0 Å². The zero-order chi connectivity index (χ0) is 14.9. The minimum Gasteiger partial charge on any atom is -0.466 e. The number of hydrogen-bond acceptors (Lipinski definition) is 3. The topological polar surface area (TPSA) is 43.0 Å². The van der Waals surface area contributed by atoms with Crippen LogP contribution in [0.4, 0.5) is 0 Å². The Bertz CT molecular complexity index is 595. The average molecular weight is 275 g/mol. The van der Waals surface area contributed by atoms with E-state index in [-0.39, 0.29) is 6.04 Å². The van der Waals surface area contributed by atoms with Crippen LogP contribution in [0.1, 0.15) is 47.0 Å². The molecular formula is C16H25N3O. The molecule has 1 unspecified atom stereocenters. The van der Waals surface area contributed by atoms with Crippen molar-refractivity contribution in [3.05, 3.63) is 40.1 Å². The molecule has 0 aliphatic heterocycles. The number of aromatic nitrogens is 2. The van der Waals surface area contributed by atoms with E-state index in [1.165, 1.54) is 16.8 Å². The van der Waals surface area contributed by atoms with Gasteiger partial charge in [-0.05, 0) is 45.9 Å². The number of furan rings is 1. The largest absolute Gasteiger partial charge is 0.466 e. The summed E-state index contributed by atoms with van der Waals surface area (Å²) in [4.78, 5) is 0. The monoisotopic (exact) mass is 275 g/mol. The van der Waals surface area contributed by atoms with Gasteiger partial charge in [0.15, 0.2) is 0 Å². The minimum atomic E-state index is 0.271. The second-order valence-electron chi connectivity index (χ2n) is 5.47. The molecule has 2 heterocycles. The van der Waals surface area contributed by atoms with Gasteiger partial charge in [-0.2, -0.15) is 5.10 Å². The smallest absolute Gasteiger partial charge is 0.106 e. The molecule has 1 atom stereocenters. The molecule has 2 aromatic heterocycles. The summed E-state index contributed by atoms with van der Waals surface area (Å²) in [6.45, 7) is 11.3. The highest BCUT2D eigenvalue weighted by atomic mass is 16.3. The Hall–Kier alpha value is -1.55. The number of rotatable bonds is 5. The summed E-state index contributed by atoms with van der Waals surface area (Å²) in [5.74, 6) is 2.03. The molecule has 0 saturated carbocycles. The maximum absolute atomic E-state index is 5.78. The van der Waals surface area contributed by atoms with Gasteiger partial charge in [0, 0.05) is 30.8 Å². The number of aryl methyl sites for hydroxylation is 4. The number of nitrogens with one attached hydrogen (secondary N) is 1. The third-order valence-electron chi connectivity index (χ3n) is 3.93. The zero-order valence-corrected chi connectivity index (χ0v) is 13.4. The molecule has 0 saturated heterocycles. The van der Waals surface area contributed by atoms with Crippen LogP contribution in [0.3, 0.4) is 0 Å². The van der Waals surface area contributed by atoms with Crippen LogP contribution in [0.2, 0.25) is 0 Å². The zero-order valence-electron chi connectivity index (χ0n) is 13.4. The molecule has 0 aromatic carbocycles. The number of likely N-dealkylation sites (N-methyl/N-ethyl adjacent to an activating group) is 1. The SMILES string of the molecule is CCNC(Cc1cc(C)nn1C)c1c(C)oc(C)c1C. The van der Waals surface area contributed by atoms with Crippen molar-refractivity contribution in [2.45, 2.75) is 47.1 Å². The fourth-order valence-electron chi connectivity index (χ4n) is 2.91. The predicted molar refractivity (Wildman–Crippen MR) is 81.0 cm³/mol. The molecule has 4 nitrogen and oxygen atoms in total. The molecule has 0 fully saturated rings. The Labute approximate surface area is 121 Å². The Balaban J connectivity index is 2.34. The first-order chi connectivity index (χ1) is 9.43. The van der Waals surface area contributed by atoms with E-state index in [2.05, 4.69) is 30.3 Å². The lowest BCUT2D eigenvalue weighted by Gasteiger charge is -2.18. The van der Waals surface area contributed by atoms with Gasteiger partial charge in [-0.3, -0.25) is 4.68 Å². The second-order valence-corrected chi connectivity index (χ2v) is 5.47. The van der Waals surface area contributed by atoms with E-state index in [0.29, 0.717) is 0 Å². The molecule has 20 heavy (non-hydrogen) atoms. The number of hydrogen-bond donors (Lipinski definition) is 1. The van der Waals surface area contributed by atoms with Crippen molar-refractivity contribution >= 4 is 0 Å². The first-order valence-electron chi connectivity index (χ1n) is 7.23. The average Bonchev–Trinajstić information content (AvgIpc) is 2.79. The van der Waals surface area contributed by atoms with Gasteiger partial charge < -0.3 is 9.73 Å². The van der Waals surface area contributed by atoms with E-state index in [9.17, 15) is 0 Å². The van der Waals surface area contributed by atoms with E-state index >= 15 is 0 Å². The standard InChI is InChI=1S/C16H25N3O/c1-7-17-15(9-14-8-10(2)18-19(14)6)16-11(3)12(4)20-13(16)5/h8,15,17H,7,9H2,1-6H3. The van der Waals surface area contributed by atoms with Crippen LogP contribution in [0.25, 0.3) is 0 Å². The molecule has 4 heteroatoms. The van der Waals surface area contributed by atoms with E-state index in [1.807, 2.05) is 32.5 Å². The quantitative estimate of drug-likeness (QED) is 0.911. The highest BCUT2D eigenvalue weighted by molar-refractivity contribution is 5.35. The summed E-state index contributed by atoms with van der Waals surface area (Å²) >= 11 is 0. The summed E-state index contributed by atoms with van der Waals surface area (Å²) in [5.41, 5.74) is 4.86. The van der Waals surface area contributed by atoms with Crippen molar-refractivity contribution in [2.75, 3.05) is 6.54 Å². The van der Waals surface area contributed by atoms with Crippen LogP contribution in [-0.4, -0.2) is 16.3 Å². The molecule has 2 aromatic rings. The maximum Gasteiger partial charge on any atom is 0.106 e. The molecule has 1 N–H and O–H groups in total. The van der Waals surface area contributed by atoms with Crippen LogP contribution in [0.5, 0.6) is 0 Å². The Morgan fingerprint density at radius 2 is 1.95 bits per heavy atom. The van der Waals surface area contributed by atoms with Gasteiger partial charge in [0.05, 0.1) is 5.69 Å². The van der Waals surface area contributed by atoms with Gasteiger partial charge in [0.25, 0.3) is 0 Å². The lowest BCUT2D eigenvalue weighted by atomic mass is 9.98. The fraction of sp³-hybridized carbons (Fsp3) is 0.562. The van der Waals surface area contributed by atoms with Crippen molar-refractivity contribution in [1.29, 1.82) is 0 Å². The van der Waals surface area contributed by atoms with E-state index in [0.717, 1.165) is 30.2 Å². The minimum absolute atomic E-state index is 0.271. The van der Waals surface area contributed by atoms with Gasteiger partial charge in [0.2, 0.25) is 0 Å². The van der Waals surface area contributed by atoms with Gasteiger partial charge in [-0.25, -0.2) is 0 Å². The first kappa shape index (κ1) is 14.9. The van der Waals surface area contributed by atoms with E-state index in [1.54, 1.807) is 0 Å². The van der Waals surface area contributed by atoms with Gasteiger partial charge in [-0.1, -0.05) is 6.92 Å². The Kier molecular flexibility index (Phi) is 4.33. The number of nitrogens with zero attached hydrogens (tertiary/aromatic N) is 2. The highest BCUT2D eigenvalue weighted by Crippen LogP contribution is 2.29. The van der Waals surface area contributed by atoms with Gasteiger partial charge in [0.1, 0.15) is 11.5 Å². The Morgan fingerprint density at radius 3 is 2.40 bits per heavy atom. The third-order valence-corrected chi connectivity index (χ3v) is 3.93. The summed E-state index contributed by atoms with van der Waals surface area (Å²) in [6.07, 6.45) is 0.922. The van der Waals surface area contributed by atoms with E-state index in [4.69, 9.17) is 4.42 Å². The molecule has 110 valence electrons. The summed E-state index contributed by atoms with van der Waals surface area (Å²) in [7, 11) is 2.01. The van der Waals surface area contributed by atoms with Crippen LogP contribution in [0.15, 0.2) is 10.5 Å². The van der Waals surface area contributed by atoms with Crippen molar-refractivity contribution in [3.8, 4) is 0 Å². The molecule has 0 amide bonds. The van der Waals surface area contributed by atoms with Crippen molar-refractivity contribution in [2.24, 2.45) is 7.05 Å². The lowest BCUT2D eigenvalue weighted by molar-refractivity contribution is 0.480. The maximum atomic E-state index is 5.78. The molecule has 0 aliphatic carbocycles. The molecule has 0 bridgehead atoms. The third kappa shape index (κ3) is 2.80. The lowest BCUT2D eigenvalue weighted by Crippen LogP contribution is -2.24. The summed E-state index contributed by atoms with van der Waals surface area (Å²) < 4.78 is 7.75. The normalized spacial score (nSPS) is 12.9. The second kappa shape index (κ2) is 5.83. The Morgan fingerprint density at radius 1 is 1.25 bits per heavy atom. The van der Waals surface area contributed by atoms with Crippen LogP contribution in [-0.2, 0) is 13.5 Å². The van der Waals surface area contributed by atoms with Gasteiger partial charge >= 0.3 is 0 Å². The summed E-state index contributed by atoms with van der Waals surface area (Å²) in [5, 5.41) is 8.01. The fourth-order valence-corrected chi connectivity index (χ4v) is 2.91. The molecule has 0 radical (unpaired) electrons.